The number of hydrogen-bond acceptors (Lipinski definition) is 5. The van der Waals surface area contributed by atoms with Crippen molar-refractivity contribution in [3.8, 4) is 0 Å². The number of nitrogens with one attached hydrogen (secondary N) is 1. The molecule has 1 aliphatic rings. The van der Waals surface area contributed by atoms with E-state index in [2.05, 4.69) is 24.1 Å². The molecular formula is C16H29N3OS. The Balaban J connectivity index is 2.15. The van der Waals surface area contributed by atoms with E-state index in [4.69, 9.17) is 9.72 Å². The number of hydrogen-bond donors (Lipinski definition) is 1. The largest absolute Gasteiger partial charge is 0.384 e. The van der Waals surface area contributed by atoms with Crippen molar-refractivity contribution in [2.24, 2.45) is 5.92 Å². The van der Waals surface area contributed by atoms with Crippen LogP contribution in [0.4, 0.5) is 5.13 Å². The molecule has 0 saturated carbocycles. The van der Waals surface area contributed by atoms with E-state index in [0.29, 0.717) is 11.8 Å². The van der Waals surface area contributed by atoms with Crippen molar-refractivity contribution in [2.45, 2.75) is 45.6 Å². The van der Waals surface area contributed by atoms with Crippen molar-refractivity contribution in [1.29, 1.82) is 0 Å². The van der Waals surface area contributed by atoms with Crippen LogP contribution in [0.1, 0.15) is 49.6 Å². The predicted octanol–water partition coefficient (Wildman–Crippen LogP) is 3.24. The lowest BCUT2D eigenvalue weighted by atomic mass is 9.99. The molecule has 1 N–H and O–H groups in total. The molecule has 1 aromatic heterocycles. The van der Waals surface area contributed by atoms with Crippen LogP contribution >= 0.6 is 11.3 Å². The number of rotatable bonds is 7. The van der Waals surface area contributed by atoms with Gasteiger partial charge in [-0.2, -0.15) is 0 Å². The van der Waals surface area contributed by atoms with Crippen molar-refractivity contribution in [3.05, 3.63) is 10.6 Å². The second-order valence-corrected chi connectivity index (χ2v) is 7.12. The fourth-order valence-electron chi connectivity index (χ4n) is 2.96. The molecule has 0 bridgehead atoms. The van der Waals surface area contributed by atoms with Gasteiger partial charge in [0.15, 0.2) is 5.13 Å². The summed E-state index contributed by atoms with van der Waals surface area (Å²) in [5, 5.41) is 4.49. The van der Waals surface area contributed by atoms with Gasteiger partial charge in [0.25, 0.3) is 0 Å². The molecule has 1 aliphatic heterocycles. The molecular weight excluding hydrogens is 282 g/mol. The summed E-state index contributed by atoms with van der Waals surface area (Å²) in [7, 11) is 3.81. The van der Waals surface area contributed by atoms with Gasteiger partial charge in [0.1, 0.15) is 0 Å². The fraction of sp³-hybridized carbons (Fsp3) is 0.812. The Labute approximate surface area is 132 Å². The maximum Gasteiger partial charge on any atom is 0.185 e. The Hall–Kier alpha value is -0.650. The predicted molar refractivity (Wildman–Crippen MR) is 90.4 cm³/mol. The molecule has 0 amide bonds. The molecule has 4 nitrogen and oxygen atoms in total. The van der Waals surface area contributed by atoms with Gasteiger partial charge in [-0.3, -0.25) is 0 Å². The lowest BCUT2D eigenvalue weighted by Gasteiger charge is -2.32. The van der Waals surface area contributed by atoms with E-state index in [1.54, 1.807) is 7.11 Å². The van der Waals surface area contributed by atoms with Crippen LogP contribution in [0.5, 0.6) is 0 Å². The van der Waals surface area contributed by atoms with Crippen molar-refractivity contribution >= 4 is 16.5 Å². The highest BCUT2D eigenvalue weighted by Crippen LogP contribution is 2.34. The molecule has 21 heavy (non-hydrogen) atoms. The van der Waals surface area contributed by atoms with E-state index in [1.807, 2.05) is 18.4 Å². The van der Waals surface area contributed by atoms with E-state index < -0.39 is 0 Å². The minimum atomic E-state index is 0.540. The molecule has 2 heterocycles. The lowest BCUT2D eigenvalue weighted by molar-refractivity contribution is 0.143. The van der Waals surface area contributed by atoms with Crippen LogP contribution in [-0.2, 0) is 11.3 Å². The normalized spacial score (nSPS) is 20.8. The minimum absolute atomic E-state index is 0.540. The summed E-state index contributed by atoms with van der Waals surface area (Å²) in [4.78, 5) is 8.84. The molecule has 2 rings (SSSR count). The van der Waals surface area contributed by atoms with Gasteiger partial charge in [0, 0.05) is 31.6 Å². The first-order valence-electron chi connectivity index (χ1n) is 8.07. The van der Waals surface area contributed by atoms with Crippen molar-refractivity contribution in [2.75, 3.05) is 38.8 Å². The first-order chi connectivity index (χ1) is 10.2. The Morgan fingerprint density at radius 1 is 1.52 bits per heavy atom. The fourth-order valence-corrected chi connectivity index (χ4v) is 4.19. The number of thiazole rings is 1. The summed E-state index contributed by atoms with van der Waals surface area (Å²) in [6.07, 6.45) is 3.66. The number of piperidine rings is 1. The van der Waals surface area contributed by atoms with Crippen molar-refractivity contribution in [1.82, 2.24) is 10.3 Å². The van der Waals surface area contributed by atoms with E-state index in [0.717, 1.165) is 32.7 Å². The van der Waals surface area contributed by atoms with Crippen LogP contribution in [0.15, 0.2) is 0 Å². The number of nitrogens with zero attached hydrogens (tertiary/aromatic N) is 2. The van der Waals surface area contributed by atoms with Gasteiger partial charge >= 0.3 is 0 Å². The topological polar surface area (TPSA) is 37.4 Å². The highest BCUT2D eigenvalue weighted by Gasteiger charge is 2.24. The third-order valence-electron chi connectivity index (χ3n) is 4.32. The molecule has 1 fully saturated rings. The van der Waals surface area contributed by atoms with Crippen molar-refractivity contribution < 1.29 is 4.74 Å². The van der Waals surface area contributed by atoms with Gasteiger partial charge < -0.3 is 15.0 Å². The summed E-state index contributed by atoms with van der Waals surface area (Å²) < 4.78 is 5.33. The Kier molecular flexibility index (Phi) is 6.45. The zero-order chi connectivity index (χ0) is 15.2. The summed E-state index contributed by atoms with van der Waals surface area (Å²) in [6.45, 7) is 8.52. The lowest BCUT2D eigenvalue weighted by Crippen LogP contribution is -2.37. The van der Waals surface area contributed by atoms with E-state index in [9.17, 15) is 0 Å². The monoisotopic (exact) mass is 311 g/mol. The Morgan fingerprint density at radius 3 is 3.00 bits per heavy atom. The van der Waals surface area contributed by atoms with Gasteiger partial charge in [-0.25, -0.2) is 4.98 Å². The van der Waals surface area contributed by atoms with Crippen LogP contribution in [0.3, 0.4) is 0 Å². The summed E-state index contributed by atoms with van der Waals surface area (Å²) in [5.41, 5.74) is 1.29. The molecule has 120 valence electrons. The average Bonchev–Trinajstić information content (AvgIpc) is 2.92. The molecule has 1 saturated heterocycles. The second kappa shape index (κ2) is 8.11. The first kappa shape index (κ1) is 16.7. The number of aromatic nitrogens is 1. The maximum atomic E-state index is 5.33. The molecule has 2 atom stereocenters. The van der Waals surface area contributed by atoms with E-state index >= 15 is 0 Å². The van der Waals surface area contributed by atoms with E-state index in [-0.39, 0.29) is 0 Å². The first-order valence-corrected chi connectivity index (χ1v) is 8.89. The summed E-state index contributed by atoms with van der Waals surface area (Å²) in [5.74, 6) is 1.19. The minimum Gasteiger partial charge on any atom is -0.384 e. The van der Waals surface area contributed by atoms with Gasteiger partial charge in [0.2, 0.25) is 0 Å². The molecule has 5 heteroatoms. The third kappa shape index (κ3) is 4.18. The standard InChI is InChI=1S/C16H29N3OS/c1-5-12(2)15-14(9-17-3)21-16(18-15)19-8-6-7-13(10-19)11-20-4/h12-13,17H,5-11H2,1-4H3. The number of ether oxygens (including phenoxy) is 1. The zero-order valence-corrected chi connectivity index (χ0v) is 14.6. The number of anilines is 1. The molecule has 0 aromatic carbocycles. The number of methoxy groups -OCH3 is 1. The Morgan fingerprint density at radius 2 is 2.33 bits per heavy atom. The second-order valence-electron chi connectivity index (χ2n) is 6.05. The summed E-state index contributed by atoms with van der Waals surface area (Å²) >= 11 is 1.87. The van der Waals surface area contributed by atoms with Gasteiger partial charge in [-0.05, 0) is 38.1 Å². The quantitative estimate of drug-likeness (QED) is 0.839. The summed E-state index contributed by atoms with van der Waals surface area (Å²) in [6, 6.07) is 0. The molecule has 0 radical (unpaired) electrons. The molecule has 1 aromatic rings. The molecule has 0 aliphatic carbocycles. The highest BCUT2D eigenvalue weighted by atomic mass is 32.1. The maximum absolute atomic E-state index is 5.33. The third-order valence-corrected chi connectivity index (χ3v) is 5.46. The van der Waals surface area contributed by atoms with Crippen molar-refractivity contribution in [3.63, 3.8) is 0 Å². The SMILES string of the molecule is CCC(C)c1nc(N2CCCC(COC)C2)sc1CNC. The van der Waals surface area contributed by atoms with Gasteiger partial charge in [-0.1, -0.05) is 13.8 Å². The zero-order valence-electron chi connectivity index (χ0n) is 13.8. The van der Waals surface area contributed by atoms with Crippen LogP contribution < -0.4 is 10.2 Å². The average molecular weight is 311 g/mol. The van der Waals surface area contributed by atoms with Crippen LogP contribution in [-0.4, -0.2) is 38.8 Å². The van der Waals surface area contributed by atoms with Gasteiger partial charge in [-0.15, -0.1) is 11.3 Å². The Bertz CT molecular complexity index is 433. The van der Waals surface area contributed by atoms with Crippen LogP contribution in [0.2, 0.25) is 0 Å². The highest BCUT2D eigenvalue weighted by molar-refractivity contribution is 7.15. The molecule has 2 unspecified atom stereocenters. The molecule has 0 spiro atoms. The smallest absolute Gasteiger partial charge is 0.185 e. The van der Waals surface area contributed by atoms with Crippen LogP contribution in [0.25, 0.3) is 0 Å². The van der Waals surface area contributed by atoms with E-state index in [1.165, 1.54) is 28.5 Å². The van der Waals surface area contributed by atoms with Crippen LogP contribution in [0, 0.1) is 5.92 Å². The van der Waals surface area contributed by atoms with Gasteiger partial charge in [0.05, 0.1) is 12.3 Å².